The minimum atomic E-state index is -1.02. The monoisotopic (exact) mass is 352 g/mol. The van der Waals surface area contributed by atoms with Crippen LogP contribution in [0.1, 0.15) is 42.2 Å². The maximum atomic E-state index is 11.9. The lowest BCUT2D eigenvalue weighted by Crippen LogP contribution is -2.27. The van der Waals surface area contributed by atoms with Crippen LogP contribution in [0.15, 0.2) is 24.3 Å². The van der Waals surface area contributed by atoms with Gasteiger partial charge in [-0.05, 0) is 40.7 Å². The topological polar surface area (TPSA) is 46.5 Å². The molecule has 1 aromatic heterocycles. The summed E-state index contributed by atoms with van der Waals surface area (Å²) in [6, 6.07) is 7.49. The second-order valence-corrected chi connectivity index (χ2v) is 8.27. The quantitative estimate of drug-likeness (QED) is 0.776. The molecule has 0 saturated carbocycles. The van der Waals surface area contributed by atoms with Crippen molar-refractivity contribution >= 4 is 28.9 Å². The number of hydrogen-bond donors (Lipinski definition) is 1. The van der Waals surface area contributed by atoms with Crippen molar-refractivity contribution in [3.05, 3.63) is 44.6 Å². The Morgan fingerprint density at radius 3 is 2.35 bits per heavy atom. The first-order valence-corrected chi connectivity index (χ1v) is 8.56. The molecule has 0 amide bonds. The molecule has 2 aromatic rings. The summed E-state index contributed by atoms with van der Waals surface area (Å²) >= 11 is 7.91. The van der Waals surface area contributed by atoms with Gasteiger partial charge in [0.2, 0.25) is 0 Å². The third-order valence-corrected chi connectivity index (χ3v) is 4.77. The highest BCUT2D eigenvalue weighted by Crippen LogP contribution is 2.43. The van der Waals surface area contributed by atoms with E-state index in [0.717, 1.165) is 20.9 Å². The first kappa shape index (κ1) is 18.0. The normalized spacial score (nSPS) is 13.1. The number of hydrogen-bond acceptors (Lipinski definition) is 3. The minimum Gasteiger partial charge on any atom is -0.479 e. The first-order chi connectivity index (χ1) is 10.6. The molecular formula is C18H21ClO3S. The number of carboxylic acid groups (broad SMARTS) is 1. The number of carboxylic acids is 1. The Kier molecular flexibility index (Phi) is 5.19. The summed E-state index contributed by atoms with van der Waals surface area (Å²) in [6.07, 6.45) is -1.02. The predicted octanol–water partition coefficient (Wildman–Crippen LogP) is 5.63. The number of halogens is 1. The average molecular weight is 353 g/mol. The van der Waals surface area contributed by atoms with E-state index >= 15 is 0 Å². The second kappa shape index (κ2) is 6.63. The second-order valence-electron chi connectivity index (χ2n) is 6.43. The van der Waals surface area contributed by atoms with Gasteiger partial charge in [-0.1, -0.05) is 29.8 Å². The van der Waals surface area contributed by atoms with Gasteiger partial charge in [-0.3, -0.25) is 0 Å². The van der Waals surface area contributed by atoms with Crippen LogP contribution in [0.2, 0.25) is 5.02 Å². The molecular weight excluding hydrogens is 332 g/mol. The fourth-order valence-corrected chi connectivity index (χ4v) is 3.93. The molecule has 0 saturated heterocycles. The number of rotatable bonds is 4. The van der Waals surface area contributed by atoms with E-state index in [1.165, 1.54) is 0 Å². The number of benzene rings is 1. The molecule has 2 rings (SSSR count). The smallest absolute Gasteiger partial charge is 0.337 e. The van der Waals surface area contributed by atoms with Gasteiger partial charge in [-0.15, -0.1) is 11.3 Å². The molecule has 0 spiro atoms. The van der Waals surface area contributed by atoms with E-state index in [2.05, 4.69) is 0 Å². The van der Waals surface area contributed by atoms with E-state index in [4.69, 9.17) is 16.3 Å². The van der Waals surface area contributed by atoms with Gasteiger partial charge >= 0.3 is 5.97 Å². The van der Waals surface area contributed by atoms with Crippen LogP contribution in [0.5, 0.6) is 0 Å². The first-order valence-electron chi connectivity index (χ1n) is 7.37. The highest BCUT2D eigenvalue weighted by atomic mass is 35.5. The summed E-state index contributed by atoms with van der Waals surface area (Å²) in [6.45, 7) is 9.47. The lowest BCUT2D eigenvalue weighted by Gasteiger charge is -2.26. The van der Waals surface area contributed by atoms with Crippen molar-refractivity contribution in [2.75, 3.05) is 0 Å². The largest absolute Gasteiger partial charge is 0.479 e. The summed E-state index contributed by atoms with van der Waals surface area (Å²) < 4.78 is 5.85. The fraction of sp³-hybridized carbons (Fsp3) is 0.389. The highest BCUT2D eigenvalue weighted by Gasteiger charge is 2.32. The van der Waals surface area contributed by atoms with Crippen LogP contribution >= 0.6 is 22.9 Å². The number of aliphatic carboxylic acids is 1. The van der Waals surface area contributed by atoms with Crippen molar-refractivity contribution in [3.8, 4) is 11.1 Å². The molecule has 0 fully saturated rings. The Hall–Kier alpha value is -1.36. The van der Waals surface area contributed by atoms with Crippen molar-refractivity contribution in [1.29, 1.82) is 0 Å². The molecule has 0 aliphatic carbocycles. The van der Waals surface area contributed by atoms with E-state index in [9.17, 15) is 9.90 Å². The zero-order valence-corrected chi connectivity index (χ0v) is 15.5. The Morgan fingerprint density at radius 2 is 1.83 bits per heavy atom. The van der Waals surface area contributed by atoms with E-state index in [0.29, 0.717) is 10.6 Å². The van der Waals surface area contributed by atoms with E-state index in [1.807, 2.05) is 58.9 Å². The van der Waals surface area contributed by atoms with Gasteiger partial charge in [0, 0.05) is 31.5 Å². The van der Waals surface area contributed by atoms with E-state index in [1.54, 1.807) is 11.3 Å². The molecule has 124 valence electrons. The van der Waals surface area contributed by atoms with Crippen molar-refractivity contribution < 1.29 is 14.6 Å². The van der Waals surface area contributed by atoms with Gasteiger partial charge in [0.25, 0.3) is 0 Å². The van der Waals surface area contributed by atoms with Gasteiger partial charge in [0.1, 0.15) is 0 Å². The highest BCUT2D eigenvalue weighted by molar-refractivity contribution is 7.12. The van der Waals surface area contributed by atoms with Gasteiger partial charge in [-0.25, -0.2) is 4.79 Å². The van der Waals surface area contributed by atoms with Crippen LogP contribution in [0.3, 0.4) is 0 Å². The molecule has 1 aromatic carbocycles. The fourth-order valence-electron chi connectivity index (χ4n) is 2.60. The molecule has 0 aliphatic heterocycles. The minimum absolute atomic E-state index is 0.566. The third-order valence-electron chi connectivity index (χ3n) is 3.41. The molecule has 3 nitrogen and oxygen atoms in total. The van der Waals surface area contributed by atoms with Crippen molar-refractivity contribution in [1.82, 2.24) is 0 Å². The van der Waals surface area contributed by atoms with E-state index in [-0.39, 0.29) is 0 Å². The molecule has 1 N–H and O–H groups in total. The Labute approximate surface area is 145 Å². The van der Waals surface area contributed by atoms with Crippen LogP contribution < -0.4 is 0 Å². The molecule has 23 heavy (non-hydrogen) atoms. The lowest BCUT2D eigenvalue weighted by atomic mass is 9.96. The number of thiophene rings is 1. The summed E-state index contributed by atoms with van der Waals surface area (Å²) in [5.41, 5.74) is 1.84. The molecule has 1 unspecified atom stereocenters. The zero-order valence-electron chi connectivity index (χ0n) is 13.9. The van der Waals surface area contributed by atoms with Crippen LogP contribution in [0.25, 0.3) is 11.1 Å². The van der Waals surface area contributed by atoms with Crippen LogP contribution in [0, 0.1) is 13.8 Å². The Balaban J connectivity index is 2.67. The summed E-state index contributed by atoms with van der Waals surface area (Å²) in [4.78, 5) is 13.8. The maximum absolute atomic E-state index is 11.9. The molecule has 1 heterocycles. The van der Waals surface area contributed by atoms with Gasteiger partial charge in [0.05, 0.1) is 5.60 Å². The predicted molar refractivity (Wildman–Crippen MR) is 95.5 cm³/mol. The maximum Gasteiger partial charge on any atom is 0.337 e. The standard InChI is InChI=1S/C18H21ClO3S/c1-10-14(12-8-6-7-9-13(12)19)15(11(2)23-10)16(17(20)21)22-18(3,4)5/h6-9,16H,1-5H3,(H,20,21). The van der Waals surface area contributed by atoms with Crippen LogP contribution in [-0.4, -0.2) is 16.7 Å². The molecule has 0 bridgehead atoms. The van der Waals surface area contributed by atoms with Gasteiger partial charge in [-0.2, -0.15) is 0 Å². The average Bonchev–Trinajstić information content (AvgIpc) is 2.70. The number of carbonyl (C=O) groups is 1. The van der Waals surface area contributed by atoms with Crippen molar-refractivity contribution in [2.24, 2.45) is 0 Å². The summed E-state index contributed by atoms with van der Waals surface area (Å²) in [5.74, 6) is -0.992. The van der Waals surface area contributed by atoms with Crippen LogP contribution in [-0.2, 0) is 9.53 Å². The zero-order chi connectivity index (χ0) is 17.4. The SMILES string of the molecule is Cc1sc(C)c(C(OC(C)(C)C)C(=O)O)c1-c1ccccc1Cl. The summed E-state index contributed by atoms with van der Waals surface area (Å²) in [5, 5.41) is 10.3. The number of aryl methyl sites for hydroxylation is 2. The summed E-state index contributed by atoms with van der Waals surface area (Å²) in [7, 11) is 0. The van der Waals surface area contributed by atoms with Gasteiger partial charge in [0.15, 0.2) is 6.10 Å². The molecule has 5 heteroatoms. The molecule has 1 atom stereocenters. The molecule has 0 radical (unpaired) electrons. The van der Waals surface area contributed by atoms with Crippen LogP contribution in [0.4, 0.5) is 0 Å². The number of ether oxygens (including phenoxy) is 1. The van der Waals surface area contributed by atoms with Crippen molar-refractivity contribution in [3.63, 3.8) is 0 Å². The Bertz CT molecular complexity index is 728. The van der Waals surface area contributed by atoms with Gasteiger partial charge < -0.3 is 9.84 Å². The van der Waals surface area contributed by atoms with E-state index < -0.39 is 17.7 Å². The third kappa shape index (κ3) is 3.94. The Morgan fingerprint density at radius 1 is 1.22 bits per heavy atom. The molecule has 0 aliphatic rings. The lowest BCUT2D eigenvalue weighted by molar-refractivity contribution is -0.160. The van der Waals surface area contributed by atoms with Crippen molar-refractivity contribution in [2.45, 2.75) is 46.3 Å².